The van der Waals surface area contributed by atoms with Gasteiger partial charge in [-0.3, -0.25) is 9.78 Å². The first-order valence-electron chi connectivity index (χ1n) is 6.72. The molecule has 0 radical (unpaired) electrons. The third-order valence-corrected chi connectivity index (χ3v) is 3.30. The van der Waals surface area contributed by atoms with Crippen molar-refractivity contribution in [3.63, 3.8) is 0 Å². The number of aromatic nitrogens is 1. The predicted octanol–water partition coefficient (Wildman–Crippen LogP) is 2.30. The van der Waals surface area contributed by atoms with E-state index >= 15 is 0 Å². The van der Waals surface area contributed by atoms with Crippen molar-refractivity contribution in [3.8, 4) is 17.2 Å². The first-order valence-corrected chi connectivity index (χ1v) is 6.72. The lowest BCUT2D eigenvalue weighted by Crippen LogP contribution is -2.26. The second-order valence-corrected chi connectivity index (χ2v) is 4.70. The molecule has 1 atom stereocenters. The Hall–Kier alpha value is -2.76. The molecule has 1 unspecified atom stereocenters. The number of rotatable bonds is 5. The van der Waals surface area contributed by atoms with Crippen LogP contribution in [0, 0.1) is 0 Å². The third-order valence-electron chi connectivity index (χ3n) is 3.30. The number of nitrogens with one attached hydrogen (secondary N) is 1. The van der Waals surface area contributed by atoms with E-state index in [4.69, 9.17) is 9.47 Å². The summed E-state index contributed by atoms with van der Waals surface area (Å²) in [7, 11) is 2.93. The molecular weight excluding hydrogens is 284 g/mol. The standard InChI is InChI=1S/C16H18N2O4/c1-10(11-4-6-17-7-5-11)18-16(20)12-8-14(21-2)15(22-3)9-13(12)19/h4-10,19H,1-3H3,(H,18,20). The van der Waals surface area contributed by atoms with E-state index in [1.54, 1.807) is 12.4 Å². The van der Waals surface area contributed by atoms with Crippen molar-refractivity contribution in [3.05, 3.63) is 47.8 Å². The van der Waals surface area contributed by atoms with Gasteiger partial charge in [-0.05, 0) is 24.6 Å². The zero-order valence-corrected chi connectivity index (χ0v) is 12.7. The molecule has 1 amide bonds. The fourth-order valence-corrected chi connectivity index (χ4v) is 2.06. The number of amides is 1. The van der Waals surface area contributed by atoms with Crippen molar-refractivity contribution < 1.29 is 19.4 Å². The van der Waals surface area contributed by atoms with Crippen LogP contribution in [0.5, 0.6) is 17.2 Å². The smallest absolute Gasteiger partial charge is 0.255 e. The van der Waals surface area contributed by atoms with Gasteiger partial charge in [0.05, 0.1) is 25.8 Å². The highest BCUT2D eigenvalue weighted by molar-refractivity contribution is 5.97. The molecule has 1 aromatic carbocycles. The largest absolute Gasteiger partial charge is 0.507 e. The highest BCUT2D eigenvalue weighted by Gasteiger charge is 2.18. The van der Waals surface area contributed by atoms with E-state index in [0.717, 1.165) is 5.56 Å². The molecule has 0 aliphatic heterocycles. The van der Waals surface area contributed by atoms with Crippen LogP contribution >= 0.6 is 0 Å². The van der Waals surface area contributed by atoms with Crippen LogP contribution in [0.4, 0.5) is 0 Å². The normalized spacial score (nSPS) is 11.6. The summed E-state index contributed by atoms with van der Waals surface area (Å²) in [4.78, 5) is 16.3. The van der Waals surface area contributed by atoms with Gasteiger partial charge in [0.1, 0.15) is 5.75 Å². The molecule has 0 bridgehead atoms. The van der Waals surface area contributed by atoms with Gasteiger partial charge in [0.15, 0.2) is 11.5 Å². The van der Waals surface area contributed by atoms with Gasteiger partial charge in [-0.2, -0.15) is 0 Å². The summed E-state index contributed by atoms with van der Waals surface area (Å²) in [6, 6.07) is 6.22. The Morgan fingerprint density at radius 3 is 2.36 bits per heavy atom. The van der Waals surface area contributed by atoms with Crippen LogP contribution in [0.3, 0.4) is 0 Å². The van der Waals surface area contributed by atoms with Gasteiger partial charge in [-0.25, -0.2) is 0 Å². The molecule has 2 rings (SSSR count). The van der Waals surface area contributed by atoms with Crippen molar-refractivity contribution in [2.24, 2.45) is 0 Å². The maximum Gasteiger partial charge on any atom is 0.255 e. The predicted molar refractivity (Wildman–Crippen MR) is 81.3 cm³/mol. The van der Waals surface area contributed by atoms with Crippen LogP contribution in [0.25, 0.3) is 0 Å². The summed E-state index contributed by atoms with van der Waals surface area (Å²) in [6.45, 7) is 1.85. The lowest BCUT2D eigenvalue weighted by Gasteiger charge is -2.16. The number of hydrogen-bond acceptors (Lipinski definition) is 5. The first-order chi connectivity index (χ1) is 10.6. The summed E-state index contributed by atoms with van der Waals surface area (Å²) < 4.78 is 10.2. The number of methoxy groups -OCH3 is 2. The molecule has 116 valence electrons. The molecule has 0 saturated heterocycles. The highest BCUT2D eigenvalue weighted by Crippen LogP contribution is 2.34. The Kier molecular flexibility index (Phi) is 4.83. The second kappa shape index (κ2) is 6.80. The summed E-state index contributed by atoms with van der Waals surface area (Å²) in [5.41, 5.74) is 1.04. The number of carbonyl (C=O) groups is 1. The first kappa shape index (κ1) is 15.6. The van der Waals surface area contributed by atoms with E-state index in [1.165, 1.54) is 26.4 Å². The van der Waals surface area contributed by atoms with Crippen molar-refractivity contribution in [2.45, 2.75) is 13.0 Å². The van der Waals surface area contributed by atoms with Gasteiger partial charge in [0.25, 0.3) is 5.91 Å². The van der Waals surface area contributed by atoms with Crippen LogP contribution in [0.15, 0.2) is 36.7 Å². The average molecular weight is 302 g/mol. The summed E-state index contributed by atoms with van der Waals surface area (Å²) in [5, 5.41) is 12.8. The van der Waals surface area contributed by atoms with Crippen molar-refractivity contribution in [2.75, 3.05) is 14.2 Å². The SMILES string of the molecule is COc1cc(O)c(C(=O)NC(C)c2ccncc2)cc1OC. The fourth-order valence-electron chi connectivity index (χ4n) is 2.06. The summed E-state index contributed by atoms with van der Waals surface area (Å²) in [6.07, 6.45) is 3.32. The number of aromatic hydroxyl groups is 1. The van der Waals surface area contributed by atoms with E-state index < -0.39 is 5.91 Å². The quantitative estimate of drug-likeness (QED) is 0.885. The average Bonchev–Trinajstić information content (AvgIpc) is 2.55. The van der Waals surface area contributed by atoms with E-state index in [9.17, 15) is 9.90 Å². The molecule has 0 aliphatic carbocycles. The van der Waals surface area contributed by atoms with Crippen molar-refractivity contribution in [1.82, 2.24) is 10.3 Å². The van der Waals surface area contributed by atoms with Gasteiger partial charge in [0.2, 0.25) is 0 Å². The van der Waals surface area contributed by atoms with Crippen LogP contribution in [0.1, 0.15) is 28.9 Å². The minimum Gasteiger partial charge on any atom is -0.507 e. The Morgan fingerprint density at radius 2 is 1.77 bits per heavy atom. The van der Waals surface area contributed by atoms with Crippen molar-refractivity contribution in [1.29, 1.82) is 0 Å². The minimum absolute atomic E-state index is 0.124. The number of pyridine rings is 1. The number of phenolic OH excluding ortho intramolecular Hbond substituents is 1. The molecule has 0 spiro atoms. The van der Waals surface area contributed by atoms with Crippen LogP contribution in [-0.4, -0.2) is 30.2 Å². The van der Waals surface area contributed by atoms with E-state index in [2.05, 4.69) is 10.3 Å². The van der Waals surface area contributed by atoms with E-state index in [1.807, 2.05) is 19.1 Å². The highest BCUT2D eigenvalue weighted by atomic mass is 16.5. The Balaban J connectivity index is 2.22. The molecule has 0 saturated carbocycles. The molecule has 1 aromatic heterocycles. The molecule has 1 heterocycles. The number of carbonyl (C=O) groups excluding carboxylic acids is 1. The van der Waals surface area contributed by atoms with Gasteiger partial charge < -0.3 is 19.9 Å². The van der Waals surface area contributed by atoms with E-state index in [0.29, 0.717) is 11.5 Å². The van der Waals surface area contributed by atoms with Gasteiger partial charge in [-0.15, -0.1) is 0 Å². The van der Waals surface area contributed by atoms with Crippen LogP contribution in [-0.2, 0) is 0 Å². The lowest BCUT2D eigenvalue weighted by atomic mass is 10.1. The molecule has 6 heteroatoms. The number of nitrogens with zero attached hydrogens (tertiary/aromatic N) is 1. The van der Waals surface area contributed by atoms with Gasteiger partial charge in [-0.1, -0.05) is 0 Å². The van der Waals surface area contributed by atoms with Crippen molar-refractivity contribution >= 4 is 5.91 Å². The number of benzene rings is 1. The van der Waals surface area contributed by atoms with Crippen LogP contribution in [0.2, 0.25) is 0 Å². The Morgan fingerprint density at radius 1 is 1.18 bits per heavy atom. The molecular formula is C16H18N2O4. The molecule has 6 nitrogen and oxygen atoms in total. The molecule has 2 aromatic rings. The molecule has 0 fully saturated rings. The summed E-state index contributed by atoms with van der Waals surface area (Å²) in [5.74, 6) is 0.167. The second-order valence-electron chi connectivity index (χ2n) is 4.70. The van der Waals surface area contributed by atoms with Gasteiger partial charge in [0, 0.05) is 24.5 Å². The number of ether oxygens (including phenoxy) is 2. The third kappa shape index (κ3) is 3.28. The fraction of sp³-hybridized carbons (Fsp3) is 0.250. The van der Waals surface area contributed by atoms with Crippen LogP contribution < -0.4 is 14.8 Å². The van der Waals surface area contributed by atoms with E-state index in [-0.39, 0.29) is 17.4 Å². The maximum absolute atomic E-state index is 12.3. The Labute approximate surface area is 128 Å². The lowest BCUT2D eigenvalue weighted by molar-refractivity contribution is 0.0936. The molecule has 0 aliphatic rings. The topological polar surface area (TPSA) is 80.7 Å². The Bertz CT molecular complexity index is 659. The minimum atomic E-state index is -0.400. The monoisotopic (exact) mass is 302 g/mol. The zero-order valence-electron chi connectivity index (χ0n) is 12.7. The summed E-state index contributed by atoms with van der Waals surface area (Å²) >= 11 is 0. The zero-order chi connectivity index (χ0) is 16.1. The number of phenols is 1. The molecule has 22 heavy (non-hydrogen) atoms. The number of hydrogen-bond donors (Lipinski definition) is 2. The molecule has 2 N–H and O–H groups in total. The maximum atomic E-state index is 12.3. The van der Waals surface area contributed by atoms with Gasteiger partial charge >= 0.3 is 0 Å².